The Kier molecular flexibility index (Phi) is 6.74. The third-order valence-electron chi connectivity index (χ3n) is 4.06. The number of ether oxygens (including phenoxy) is 2. The second-order valence-electron chi connectivity index (χ2n) is 6.13. The molecule has 3 rings (SSSR count). The summed E-state index contributed by atoms with van der Waals surface area (Å²) in [7, 11) is 0. The van der Waals surface area contributed by atoms with E-state index in [-0.39, 0.29) is 30.9 Å². The minimum Gasteiger partial charge on any atom is -0.481 e. The van der Waals surface area contributed by atoms with Crippen LogP contribution in [-0.2, 0) is 22.6 Å². The quantitative estimate of drug-likeness (QED) is 0.543. The lowest BCUT2D eigenvalue weighted by Gasteiger charge is -2.11. The van der Waals surface area contributed by atoms with Gasteiger partial charge in [0.05, 0.1) is 5.56 Å². The van der Waals surface area contributed by atoms with E-state index in [0.29, 0.717) is 11.3 Å². The average molecular weight is 404 g/mol. The zero-order valence-electron chi connectivity index (χ0n) is 16.3. The molecule has 1 heterocycles. The summed E-state index contributed by atoms with van der Waals surface area (Å²) in [5, 5.41) is 12.2. The molecule has 0 atom stereocenters. The van der Waals surface area contributed by atoms with Gasteiger partial charge in [-0.25, -0.2) is 4.79 Å². The van der Waals surface area contributed by atoms with E-state index >= 15 is 0 Å². The molecule has 0 aliphatic carbocycles. The molecule has 0 aliphatic heterocycles. The van der Waals surface area contributed by atoms with Crippen molar-refractivity contribution in [3.8, 4) is 11.8 Å². The first kappa shape index (κ1) is 20.5. The molecule has 1 aromatic heterocycles. The molecule has 0 saturated carbocycles. The monoisotopic (exact) mass is 404 g/mol. The minimum absolute atomic E-state index is 0.00623. The van der Waals surface area contributed by atoms with Crippen molar-refractivity contribution in [2.24, 2.45) is 0 Å². The number of para-hydroxylation sites is 2. The Bertz CT molecular complexity index is 1080. The highest BCUT2D eigenvalue weighted by Crippen LogP contribution is 2.19. The van der Waals surface area contributed by atoms with Crippen molar-refractivity contribution in [1.82, 2.24) is 15.0 Å². The van der Waals surface area contributed by atoms with Gasteiger partial charge in [-0.3, -0.25) is 0 Å². The van der Waals surface area contributed by atoms with Crippen molar-refractivity contribution in [2.45, 2.75) is 20.0 Å². The summed E-state index contributed by atoms with van der Waals surface area (Å²) in [4.78, 5) is 24.3. The lowest BCUT2D eigenvalue weighted by Crippen LogP contribution is -2.17. The number of benzene rings is 2. The Morgan fingerprint density at radius 3 is 2.70 bits per heavy atom. The lowest BCUT2D eigenvalue weighted by atomic mass is 10.1. The smallest absolute Gasteiger partial charge is 0.344 e. The second kappa shape index (κ2) is 9.84. The molecule has 0 radical (unpaired) electrons. The van der Waals surface area contributed by atoms with E-state index < -0.39 is 5.97 Å². The van der Waals surface area contributed by atoms with Gasteiger partial charge >= 0.3 is 5.97 Å². The Labute approximate surface area is 173 Å². The molecular formula is C21H20N6O3. The number of aryl methyl sites for hydroxylation is 1. The molecule has 152 valence electrons. The first-order valence-corrected chi connectivity index (χ1v) is 9.22. The molecule has 0 bridgehead atoms. The number of hydrogen-bond acceptors (Lipinski definition) is 9. The van der Waals surface area contributed by atoms with Gasteiger partial charge in [0.1, 0.15) is 11.8 Å². The molecule has 0 unspecified atom stereocenters. The van der Waals surface area contributed by atoms with Crippen LogP contribution in [0.4, 0.5) is 17.6 Å². The van der Waals surface area contributed by atoms with Crippen LogP contribution < -0.4 is 15.8 Å². The number of carbonyl (C=O) groups excluding carboxylic acids is 1. The van der Waals surface area contributed by atoms with Crippen molar-refractivity contribution in [3.63, 3.8) is 0 Å². The Balaban J connectivity index is 1.60. The fraction of sp³-hybridized carbons (Fsp3) is 0.190. The summed E-state index contributed by atoms with van der Waals surface area (Å²) >= 11 is 0. The number of nitrogens with zero attached hydrogens (tertiary/aromatic N) is 4. The Hall–Kier alpha value is -4.19. The summed E-state index contributed by atoms with van der Waals surface area (Å²) in [5.41, 5.74) is 8.05. The van der Waals surface area contributed by atoms with E-state index in [1.54, 1.807) is 24.3 Å². The van der Waals surface area contributed by atoms with Crippen molar-refractivity contribution in [1.29, 1.82) is 5.26 Å². The van der Waals surface area contributed by atoms with Gasteiger partial charge in [-0.2, -0.15) is 20.2 Å². The fourth-order valence-corrected chi connectivity index (χ4v) is 2.64. The molecule has 3 aromatic rings. The van der Waals surface area contributed by atoms with E-state index in [2.05, 4.69) is 20.3 Å². The summed E-state index contributed by atoms with van der Waals surface area (Å²) < 4.78 is 10.5. The Morgan fingerprint density at radius 2 is 1.90 bits per heavy atom. The van der Waals surface area contributed by atoms with E-state index in [1.807, 2.05) is 37.3 Å². The lowest BCUT2D eigenvalue weighted by molar-refractivity contribution is -0.147. The van der Waals surface area contributed by atoms with E-state index in [9.17, 15) is 4.79 Å². The van der Waals surface area contributed by atoms with Crippen LogP contribution >= 0.6 is 0 Å². The van der Waals surface area contributed by atoms with Gasteiger partial charge in [0.2, 0.25) is 11.9 Å². The Morgan fingerprint density at radius 1 is 1.13 bits per heavy atom. The van der Waals surface area contributed by atoms with Gasteiger partial charge < -0.3 is 20.5 Å². The second-order valence-corrected chi connectivity index (χ2v) is 6.13. The van der Waals surface area contributed by atoms with Crippen molar-refractivity contribution >= 4 is 23.6 Å². The van der Waals surface area contributed by atoms with Crippen LogP contribution in [0.5, 0.6) is 5.75 Å². The van der Waals surface area contributed by atoms with Gasteiger partial charge in [0.15, 0.2) is 19.0 Å². The fourth-order valence-electron chi connectivity index (χ4n) is 2.64. The molecule has 30 heavy (non-hydrogen) atoms. The maximum atomic E-state index is 12.0. The zero-order valence-corrected chi connectivity index (χ0v) is 16.3. The topological polar surface area (TPSA) is 136 Å². The van der Waals surface area contributed by atoms with Crippen LogP contribution in [0, 0.1) is 11.3 Å². The number of aromatic nitrogens is 3. The highest BCUT2D eigenvalue weighted by Gasteiger charge is 2.11. The van der Waals surface area contributed by atoms with Crippen molar-refractivity contribution < 1.29 is 14.3 Å². The number of anilines is 3. The number of nitrogen functional groups attached to an aromatic ring is 1. The largest absolute Gasteiger partial charge is 0.481 e. The normalized spacial score (nSPS) is 10.1. The number of hydrogen-bond donors (Lipinski definition) is 2. The number of nitrogens with two attached hydrogens (primary N) is 1. The molecule has 9 heteroatoms. The van der Waals surface area contributed by atoms with E-state index in [4.69, 9.17) is 20.5 Å². The average Bonchev–Trinajstić information content (AvgIpc) is 2.76. The number of nitriles is 1. The summed E-state index contributed by atoms with van der Waals surface area (Å²) in [5.74, 6) is 0.139. The van der Waals surface area contributed by atoms with Crippen LogP contribution in [0.1, 0.15) is 23.9 Å². The number of esters is 1. The summed E-state index contributed by atoms with van der Waals surface area (Å²) in [6.07, 6.45) is 0.836. The molecule has 0 aliphatic rings. The van der Waals surface area contributed by atoms with Gasteiger partial charge in [0.25, 0.3) is 0 Å². The molecular weight excluding hydrogens is 384 g/mol. The number of nitrogens with one attached hydrogen (secondary N) is 1. The predicted molar refractivity (Wildman–Crippen MR) is 110 cm³/mol. The minimum atomic E-state index is -0.632. The summed E-state index contributed by atoms with van der Waals surface area (Å²) in [6, 6.07) is 16.4. The first-order valence-electron chi connectivity index (χ1n) is 9.22. The van der Waals surface area contributed by atoms with Crippen LogP contribution in [0.3, 0.4) is 0 Å². The first-order chi connectivity index (χ1) is 14.6. The molecule has 0 amide bonds. The molecule has 0 spiro atoms. The van der Waals surface area contributed by atoms with E-state index in [0.717, 1.165) is 17.7 Å². The highest BCUT2D eigenvalue weighted by molar-refractivity contribution is 5.71. The molecule has 2 aromatic carbocycles. The van der Waals surface area contributed by atoms with Crippen molar-refractivity contribution in [3.05, 3.63) is 65.5 Å². The van der Waals surface area contributed by atoms with Crippen LogP contribution in [0.15, 0.2) is 48.5 Å². The maximum absolute atomic E-state index is 12.0. The zero-order chi connectivity index (χ0) is 21.3. The van der Waals surface area contributed by atoms with Gasteiger partial charge in [0, 0.05) is 5.69 Å². The van der Waals surface area contributed by atoms with Crippen LogP contribution in [0.2, 0.25) is 0 Å². The number of rotatable bonds is 8. The molecule has 3 N–H and O–H groups in total. The highest BCUT2D eigenvalue weighted by atomic mass is 16.6. The molecule has 0 saturated heterocycles. The third-order valence-corrected chi connectivity index (χ3v) is 4.06. The summed E-state index contributed by atoms with van der Waals surface area (Å²) in [6.45, 7) is 1.50. The maximum Gasteiger partial charge on any atom is 0.344 e. The van der Waals surface area contributed by atoms with Crippen molar-refractivity contribution in [2.75, 3.05) is 17.7 Å². The predicted octanol–water partition coefficient (Wildman–Crippen LogP) is 2.75. The van der Waals surface area contributed by atoms with E-state index in [1.165, 1.54) is 0 Å². The van der Waals surface area contributed by atoms with Crippen LogP contribution in [0.25, 0.3) is 0 Å². The SMILES string of the molecule is CCc1ccccc1Nc1nc(N)nc(COC(=O)COc2ccccc2C#N)n1. The van der Waals surface area contributed by atoms with Crippen LogP contribution in [-0.4, -0.2) is 27.5 Å². The standard InChI is InChI=1S/C21H20N6O3/c1-2-14-7-3-5-9-16(14)24-21-26-18(25-20(23)27-21)12-30-19(28)13-29-17-10-6-4-8-15(17)11-22/h3-10H,2,12-13H2,1H3,(H3,23,24,25,26,27). The molecule has 9 nitrogen and oxygen atoms in total. The number of carbonyl (C=O) groups is 1. The van der Waals surface area contributed by atoms with Gasteiger partial charge in [-0.1, -0.05) is 37.3 Å². The third kappa shape index (κ3) is 5.42. The molecule has 0 fully saturated rings. The van der Waals surface area contributed by atoms with Gasteiger partial charge in [-0.05, 0) is 30.2 Å². The van der Waals surface area contributed by atoms with Gasteiger partial charge in [-0.15, -0.1) is 0 Å².